The van der Waals surface area contributed by atoms with Gasteiger partial charge in [-0.1, -0.05) is 47.5 Å². The van der Waals surface area contributed by atoms with Crippen LogP contribution in [0.4, 0.5) is 5.69 Å². The van der Waals surface area contributed by atoms with Gasteiger partial charge < -0.3 is 15.1 Å². The Balaban J connectivity index is 1.49. The summed E-state index contributed by atoms with van der Waals surface area (Å²) in [6, 6.07) is 15.6. The Bertz CT molecular complexity index is 760. The molecule has 4 nitrogen and oxygen atoms in total. The van der Waals surface area contributed by atoms with Gasteiger partial charge in [-0.25, -0.2) is 0 Å². The molecule has 0 saturated carbocycles. The fraction of sp³-hybridized carbons (Fsp3) is 0.350. The van der Waals surface area contributed by atoms with Crippen molar-refractivity contribution in [2.75, 3.05) is 37.6 Å². The second kappa shape index (κ2) is 8.76. The molecule has 1 atom stereocenters. The van der Waals surface area contributed by atoms with Crippen LogP contribution in [0.5, 0.6) is 0 Å². The normalized spacial score (nSPS) is 15.8. The maximum atomic E-state index is 12.5. The molecule has 0 radical (unpaired) electrons. The van der Waals surface area contributed by atoms with Crippen LogP contribution in [0.3, 0.4) is 0 Å². The van der Waals surface area contributed by atoms with Gasteiger partial charge in [-0.05, 0) is 36.8 Å². The van der Waals surface area contributed by atoms with E-state index in [1.54, 1.807) is 0 Å². The Morgan fingerprint density at radius 3 is 2.50 bits per heavy atom. The number of hydrogen-bond donors (Lipinski definition) is 1. The van der Waals surface area contributed by atoms with Crippen LogP contribution in [0.1, 0.15) is 18.5 Å². The lowest BCUT2D eigenvalue weighted by Gasteiger charge is -2.36. The zero-order valence-electron chi connectivity index (χ0n) is 14.8. The lowest BCUT2D eigenvalue weighted by molar-refractivity contribution is -0.130. The number of benzene rings is 2. The molecule has 138 valence electrons. The molecule has 3 rings (SSSR count). The fourth-order valence-electron chi connectivity index (χ4n) is 3.18. The van der Waals surface area contributed by atoms with Crippen molar-refractivity contribution in [2.24, 2.45) is 0 Å². The number of nitrogens with zero attached hydrogens (tertiary/aromatic N) is 2. The first kappa shape index (κ1) is 19.0. The van der Waals surface area contributed by atoms with Gasteiger partial charge in [0.1, 0.15) is 0 Å². The van der Waals surface area contributed by atoms with Gasteiger partial charge in [0.05, 0.1) is 6.54 Å². The zero-order chi connectivity index (χ0) is 18.5. The quantitative estimate of drug-likeness (QED) is 0.836. The summed E-state index contributed by atoms with van der Waals surface area (Å²) in [5.41, 5.74) is 2.11. The highest BCUT2D eigenvalue weighted by Gasteiger charge is 2.22. The van der Waals surface area contributed by atoms with Crippen LogP contribution in [0.15, 0.2) is 48.5 Å². The molecule has 1 N–H and O–H groups in total. The number of carbonyl (C=O) groups excluding carboxylic acids is 1. The van der Waals surface area contributed by atoms with Crippen LogP contribution in [0.2, 0.25) is 10.0 Å². The van der Waals surface area contributed by atoms with Crippen molar-refractivity contribution in [3.8, 4) is 0 Å². The van der Waals surface area contributed by atoms with Gasteiger partial charge in [-0.2, -0.15) is 0 Å². The Kier molecular flexibility index (Phi) is 6.41. The molecule has 1 saturated heterocycles. The largest absolute Gasteiger partial charge is 0.368 e. The van der Waals surface area contributed by atoms with Crippen molar-refractivity contribution >= 4 is 34.8 Å². The van der Waals surface area contributed by atoms with E-state index in [1.807, 2.05) is 54.3 Å². The maximum absolute atomic E-state index is 12.5. The minimum Gasteiger partial charge on any atom is -0.368 e. The molecule has 1 fully saturated rings. The van der Waals surface area contributed by atoms with Gasteiger partial charge in [0.2, 0.25) is 5.91 Å². The number of hydrogen-bond acceptors (Lipinski definition) is 3. The number of carbonyl (C=O) groups is 1. The summed E-state index contributed by atoms with van der Waals surface area (Å²) in [6.07, 6.45) is 0. The van der Waals surface area contributed by atoms with Gasteiger partial charge in [0, 0.05) is 48.0 Å². The molecule has 2 aromatic rings. The first-order valence-corrected chi connectivity index (χ1v) is 9.56. The van der Waals surface area contributed by atoms with E-state index < -0.39 is 0 Å². The van der Waals surface area contributed by atoms with Crippen LogP contribution < -0.4 is 10.2 Å². The van der Waals surface area contributed by atoms with Crippen molar-refractivity contribution in [2.45, 2.75) is 13.0 Å². The Morgan fingerprint density at radius 2 is 1.81 bits per heavy atom. The molecular formula is C20H23Cl2N3O. The van der Waals surface area contributed by atoms with Crippen LogP contribution in [0, 0.1) is 0 Å². The van der Waals surface area contributed by atoms with Crippen molar-refractivity contribution in [1.82, 2.24) is 10.2 Å². The van der Waals surface area contributed by atoms with Crippen LogP contribution in [-0.2, 0) is 4.79 Å². The van der Waals surface area contributed by atoms with Crippen molar-refractivity contribution in [3.05, 3.63) is 64.1 Å². The van der Waals surface area contributed by atoms with Gasteiger partial charge in [-0.15, -0.1) is 0 Å². The zero-order valence-corrected chi connectivity index (χ0v) is 16.3. The monoisotopic (exact) mass is 391 g/mol. The molecule has 0 spiro atoms. The molecule has 1 aliphatic heterocycles. The molecule has 6 heteroatoms. The molecule has 1 heterocycles. The topological polar surface area (TPSA) is 35.6 Å². The first-order chi connectivity index (χ1) is 12.5. The molecule has 26 heavy (non-hydrogen) atoms. The highest BCUT2D eigenvalue weighted by Crippen LogP contribution is 2.22. The molecule has 1 aliphatic rings. The molecular weight excluding hydrogens is 369 g/mol. The van der Waals surface area contributed by atoms with E-state index in [2.05, 4.69) is 16.3 Å². The third kappa shape index (κ3) is 4.70. The molecule has 0 unspecified atom stereocenters. The summed E-state index contributed by atoms with van der Waals surface area (Å²) in [6.45, 7) is 5.38. The highest BCUT2D eigenvalue weighted by atomic mass is 35.5. The van der Waals surface area contributed by atoms with Crippen LogP contribution >= 0.6 is 23.2 Å². The predicted octanol–water partition coefficient (Wildman–Crippen LogP) is 3.99. The number of rotatable bonds is 5. The third-order valence-electron chi connectivity index (χ3n) is 4.74. The average Bonchev–Trinajstić information content (AvgIpc) is 2.66. The van der Waals surface area contributed by atoms with Crippen molar-refractivity contribution in [1.29, 1.82) is 0 Å². The van der Waals surface area contributed by atoms with Crippen LogP contribution in [0.25, 0.3) is 0 Å². The number of nitrogens with one attached hydrogen (secondary N) is 1. The van der Waals surface area contributed by atoms with Gasteiger partial charge in [-0.3, -0.25) is 4.79 Å². The van der Waals surface area contributed by atoms with Crippen molar-refractivity contribution < 1.29 is 4.79 Å². The predicted molar refractivity (Wildman–Crippen MR) is 108 cm³/mol. The van der Waals surface area contributed by atoms with E-state index in [1.165, 1.54) is 0 Å². The smallest absolute Gasteiger partial charge is 0.236 e. The summed E-state index contributed by atoms with van der Waals surface area (Å²) in [4.78, 5) is 16.7. The number of amides is 1. The Labute approximate surface area is 164 Å². The van der Waals surface area contributed by atoms with Crippen LogP contribution in [-0.4, -0.2) is 43.5 Å². The summed E-state index contributed by atoms with van der Waals surface area (Å²) < 4.78 is 0. The van der Waals surface area contributed by atoms with E-state index >= 15 is 0 Å². The van der Waals surface area contributed by atoms with E-state index in [0.29, 0.717) is 19.6 Å². The molecule has 1 amide bonds. The van der Waals surface area contributed by atoms with Gasteiger partial charge in [0.15, 0.2) is 0 Å². The van der Waals surface area contributed by atoms with E-state index in [9.17, 15) is 4.79 Å². The number of anilines is 1. The summed E-state index contributed by atoms with van der Waals surface area (Å²) in [5, 5.41) is 4.73. The molecule has 0 aromatic heterocycles. The number of piperazine rings is 1. The molecule has 0 bridgehead atoms. The van der Waals surface area contributed by atoms with Gasteiger partial charge >= 0.3 is 0 Å². The SMILES string of the molecule is C[C@H](NCC(=O)N1CCN(c2cccc(Cl)c2)CC1)c1ccccc1Cl. The maximum Gasteiger partial charge on any atom is 0.236 e. The summed E-state index contributed by atoms with van der Waals surface area (Å²) in [5.74, 6) is 0.120. The van der Waals surface area contributed by atoms with E-state index in [0.717, 1.165) is 34.4 Å². The highest BCUT2D eigenvalue weighted by molar-refractivity contribution is 6.31. The van der Waals surface area contributed by atoms with Crippen molar-refractivity contribution in [3.63, 3.8) is 0 Å². The molecule has 0 aliphatic carbocycles. The lowest BCUT2D eigenvalue weighted by atomic mass is 10.1. The minimum atomic E-state index is 0.0281. The minimum absolute atomic E-state index is 0.0281. The fourth-order valence-corrected chi connectivity index (χ4v) is 3.66. The van der Waals surface area contributed by atoms with Gasteiger partial charge in [0.25, 0.3) is 0 Å². The average molecular weight is 392 g/mol. The standard InChI is InChI=1S/C20H23Cl2N3O/c1-15(18-7-2-3-8-19(18)22)23-14-20(26)25-11-9-24(10-12-25)17-6-4-5-16(21)13-17/h2-8,13,15,23H,9-12,14H2,1H3/t15-/m0/s1. The van der Waals surface area contributed by atoms with E-state index in [4.69, 9.17) is 23.2 Å². The second-order valence-corrected chi connectivity index (χ2v) is 7.32. The first-order valence-electron chi connectivity index (χ1n) is 8.80. The third-order valence-corrected chi connectivity index (χ3v) is 5.32. The molecule has 2 aromatic carbocycles. The Hall–Kier alpha value is -1.75. The Morgan fingerprint density at radius 1 is 1.08 bits per heavy atom. The number of halogens is 2. The second-order valence-electron chi connectivity index (χ2n) is 6.47. The lowest BCUT2D eigenvalue weighted by Crippen LogP contribution is -2.51. The van der Waals surface area contributed by atoms with E-state index in [-0.39, 0.29) is 11.9 Å². The summed E-state index contributed by atoms with van der Waals surface area (Å²) in [7, 11) is 0. The summed E-state index contributed by atoms with van der Waals surface area (Å²) >= 11 is 12.3.